The molecule has 172 valence electrons. The third-order valence-corrected chi connectivity index (χ3v) is 6.87. The van der Waals surface area contributed by atoms with Crippen LogP contribution in [0.2, 0.25) is 25.7 Å². The molecule has 0 aliphatic carbocycles. The number of allylic oxidation sites excluding steroid dienone is 1. The van der Waals surface area contributed by atoms with E-state index in [1.165, 1.54) is 12.0 Å². The van der Waals surface area contributed by atoms with E-state index in [0.29, 0.717) is 19.4 Å². The van der Waals surface area contributed by atoms with Crippen LogP contribution in [-0.4, -0.2) is 69.3 Å². The van der Waals surface area contributed by atoms with Crippen molar-refractivity contribution in [3.05, 3.63) is 12.7 Å². The van der Waals surface area contributed by atoms with E-state index in [4.69, 9.17) is 15.2 Å². The number of methoxy groups -OCH3 is 1. The fourth-order valence-electron chi connectivity index (χ4n) is 3.38. The molecule has 30 heavy (non-hydrogen) atoms. The molecule has 0 aromatic heterocycles. The molecule has 0 spiro atoms. The predicted molar refractivity (Wildman–Crippen MR) is 120 cm³/mol. The number of nitrogens with zero attached hydrogens (tertiary/aromatic N) is 1. The van der Waals surface area contributed by atoms with Gasteiger partial charge < -0.3 is 25.4 Å². The summed E-state index contributed by atoms with van der Waals surface area (Å²) in [5.41, 5.74) is 5.99. The number of esters is 1. The zero-order chi connectivity index (χ0) is 22.7. The third kappa shape index (κ3) is 9.29. The van der Waals surface area contributed by atoms with Crippen LogP contribution >= 0.6 is 0 Å². The van der Waals surface area contributed by atoms with Crippen molar-refractivity contribution in [2.45, 2.75) is 82.3 Å². The first-order valence-electron chi connectivity index (χ1n) is 10.8. The lowest BCUT2D eigenvalue weighted by atomic mass is 10.1. The fourth-order valence-corrected chi connectivity index (χ4v) is 4.09. The third-order valence-electron chi connectivity index (χ3n) is 5.17. The van der Waals surface area contributed by atoms with E-state index in [2.05, 4.69) is 31.5 Å². The summed E-state index contributed by atoms with van der Waals surface area (Å²) in [6.07, 6.45) is 5.66. The first kappa shape index (κ1) is 26.2. The molecule has 3 atom stereocenters. The van der Waals surface area contributed by atoms with Crippen LogP contribution in [0, 0.1) is 0 Å². The van der Waals surface area contributed by atoms with E-state index in [1.807, 2.05) is 6.08 Å². The number of nitrogens with two attached hydrogens (primary N) is 1. The Morgan fingerprint density at radius 1 is 1.27 bits per heavy atom. The van der Waals surface area contributed by atoms with Gasteiger partial charge in [0.2, 0.25) is 5.91 Å². The Bertz CT molecular complexity index is 594. The summed E-state index contributed by atoms with van der Waals surface area (Å²) >= 11 is 0. The summed E-state index contributed by atoms with van der Waals surface area (Å²) in [5.74, 6) is -0.803. The predicted octanol–water partition coefficient (Wildman–Crippen LogP) is 2.66. The van der Waals surface area contributed by atoms with Gasteiger partial charge in [0.1, 0.15) is 12.1 Å². The lowest BCUT2D eigenvalue weighted by molar-refractivity contribution is -0.151. The molecule has 1 aliphatic heterocycles. The van der Waals surface area contributed by atoms with Gasteiger partial charge in [0.05, 0.1) is 13.7 Å². The van der Waals surface area contributed by atoms with Gasteiger partial charge in [0.25, 0.3) is 0 Å². The Morgan fingerprint density at radius 2 is 1.97 bits per heavy atom. The number of rotatable bonds is 12. The maximum atomic E-state index is 13.2. The van der Waals surface area contributed by atoms with Crippen molar-refractivity contribution in [3.8, 4) is 0 Å². The van der Waals surface area contributed by atoms with Crippen molar-refractivity contribution in [2.24, 2.45) is 5.73 Å². The van der Waals surface area contributed by atoms with Gasteiger partial charge in [-0.15, -0.1) is 6.58 Å². The Hall–Kier alpha value is -1.87. The zero-order valence-electron chi connectivity index (χ0n) is 18.9. The monoisotopic (exact) mass is 441 g/mol. The number of unbranched alkanes of at least 4 members (excludes halogenated alkanes) is 3. The molecular formula is C21H39N3O5Si. The average Bonchev–Trinajstić information content (AvgIpc) is 3.06. The Kier molecular flexibility index (Phi) is 11.1. The SMILES string of the molecule is C=CCCCCC[C@H](NC(=O)OCC[Si](C)(C)C)C(=O)N1C[C@H](N)C[C@H]1C(=O)OC. The highest BCUT2D eigenvalue weighted by atomic mass is 28.3. The molecule has 1 saturated heterocycles. The fraction of sp³-hybridized carbons (Fsp3) is 0.762. The van der Waals surface area contributed by atoms with Crippen molar-refractivity contribution >= 4 is 26.0 Å². The summed E-state index contributed by atoms with van der Waals surface area (Å²) in [6.45, 7) is 10.9. The number of nitrogens with one attached hydrogen (secondary N) is 1. The molecule has 1 rings (SSSR count). The maximum Gasteiger partial charge on any atom is 0.407 e. The number of hydrogen-bond donors (Lipinski definition) is 2. The van der Waals surface area contributed by atoms with E-state index in [9.17, 15) is 14.4 Å². The van der Waals surface area contributed by atoms with Crippen LogP contribution in [-0.2, 0) is 19.1 Å². The van der Waals surface area contributed by atoms with Crippen molar-refractivity contribution < 1.29 is 23.9 Å². The molecule has 0 bridgehead atoms. The maximum absolute atomic E-state index is 13.2. The minimum Gasteiger partial charge on any atom is -0.467 e. The highest BCUT2D eigenvalue weighted by Crippen LogP contribution is 2.20. The number of amides is 2. The van der Waals surface area contributed by atoms with E-state index < -0.39 is 32.2 Å². The van der Waals surface area contributed by atoms with Crippen molar-refractivity contribution in [1.29, 1.82) is 0 Å². The van der Waals surface area contributed by atoms with Gasteiger partial charge >= 0.3 is 12.1 Å². The number of ether oxygens (including phenoxy) is 2. The molecule has 0 saturated carbocycles. The number of alkyl carbamates (subject to hydrolysis) is 1. The van der Waals surface area contributed by atoms with Crippen LogP contribution in [0.1, 0.15) is 38.5 Å². The molecule has 0 aromatic rings. The average molecular weight is 442 g/mol. The second kappa shape index (κ2) is 12.7. The summed E-state index contributed by atoms with van der Waals surface area (Å²) in [4.78, 5) is 39.0. The van der Waals surface area contributed by atoms with E-state index >= 15 is 0 Å². The highest BCUT2D eigenvalue weighted by molar-refractivity contribution is 6.76. The first-order valence-corrected chi connectivity index (χ1v) is 14.5. The molecule has 9 heteroatoms. The second-order valence-corrected chi connectivity index (χ2v) is 14.7. The lowest BCUT2D eigenvalue weighted by Gasteiger charge is -2.28. The molecule has 3 N–H and O–H groups in total. The summed E-state index contributed by atoms with van der Waals surface area (Å²) in [6, 6.07) is -0.919. The second-order valence-electron chi connectivity index (χ2n) is 9.10. The number of hydrogen-bond acceptors (Lipinski definition) is 6. The minimum atomic E-state index is -1.33. The van der Waals surface area contributed by atoms with Crippen LogP contribution in [0.25, 0.3) is 0 Å². The number of likely N-dealkylation sites (tertiary alicyclic amines) is 1. The van der Waals surface area contributed by atoms with Gasteiger partial charge in [-0.3, -0.25) is 4.79 Å². The molecule has 0 radical (unpaired) electrons. The number of carbonyl (C=O) groups excluding carboxylic acids is 3. The van der Waals surface area contributed by atoms with E-state index in [1.54, 1.807) is 0 Å². The normalized spacial score (nSPS) is 19.8. The molecule has 0 aromatic carbocycles. The Labute approximate surface area is 181 Å². The van der Waals surface area contributed by atoms with Gasteiger partial charge in [0, 0.05) is 20.7 Å². The number of carbonyl (C=O) groups is 3. The van der Waals surface area contributed by atoms with Gasteiger partial charge in [-0.1, -0.05) is 38.6 Å². The van der Waals surface area contributed by atoms with Crippen LogP contribution in [0.15, 0.2) is 12.7 Å². The summed E-state index contributed by atoms with van der Waals surface area (Å²) in [7, 11) is -0.0363. The summed E-state index contributed by atoms with van der Waals surface area (Å²) < 4.78 is 10.1. The quantitative estimate of drug-likeness (QED) is 0.208. The largest absolute Gasteiger partial charge is 0.467 e. The highest BCUT2D eigenvalue weighted by Gasteiger charge is 2.41. The zero-order valence-corrected chi connectivity index (χ0v) is 19.9. The lowest BCUT2D eigenvalue weighted by Crippen LogP contribution is -2.52. The standard InChI is InChI=1S/C21H39N3O5Si/c1-6-7-8-9-10-11-17(23-21(27)29-12-13-30(3,4)5)19(25)24-15-16(22)14-18(24)20(26)28-2/h6,16-18H,1,7-15,22H2,2-5H3,(H,23,27)/t16-,17+,18+/m1/s1. The summed E-state index contributed by atoms with van der Waals surface area (Å²) in [5, 5.41) is 2.71. The van der Waals surface area contributed by atoms with Crippen LogP contribution in [0.5, 0.6) is 0 Å². The molecule has 8 nitrogen and oxygen atoms in total. The molecule has 1 heterocycles. The molecule has 2 amide bonds. The van der Waals surface area contributed by atoms with Crippen LogP contribution in [0.4, 0.5) is 4.79 Å². The Balaban J connectivity index is 2.77. The van der Waals surface area contributed by atoms with Crippen molar-refractivity contribution in [2.75, 3.05) is 20.3 Å². The van der Waals surface area contributed by atoms with Crippen molar-refractivity contribution in [3.63, 3.8) is 0 Å². The van der Waals surface area contributed by atoms with E-state index in [0.717, 1.165) is 31.7 Å². The molecule has 0 unspecified atom stereocenters. The van der Waals surface area contributed by atoms with Gasteiger partial charge in [-0.25, -0.2) is 9.59 Å². The van der Waals surface area contributed by atoms with Gasteiger partial charge in [-0.05, 0) is 31.7 Å². The molecule has 1 aliphatic rings. The van der Waals surface area contributed by atoms with Gasteiger partial charge in [-0.2, -0.15) is 0 Å². The molecule has 1 fully saturated rings. The Morgan fingerprint density at radius 3 is 2.57 bits per heavy atom. The topological polar surface area (TPSA) is 111 Å². The minimum absolute atomic E-state index is 0.262. The van der Waals surface area contributed by atoms with Crippen LogP contribution in [0.3, 0.4) is 0 Å². The van der Waals surface area contributed by atoms with Crippen LogP contribution < -0.4 is 11.1 Å². The smallest absolute Gasteiger partial charge is 0.407 e. The first-order chi connectivity index (χ1) is 14.1. The van der Waals surface area contributed by atoms with Gasteiger partial charge in [0.15, 0.2) is 0 Å². The van der Waals surface area contributed by atoms with Crippen molar-refractivity contribution in [1.82, 2.24) is 10.2 Å². The van der Waals surface area contributed by atoms with E-state index in [-0.39, 0.29) is 18.5 Å². The molecular weight excluding hydrogens is 402 g/mol.